The van der Waals surface area contributed by atoms with Gasteiger partial charge in [-0.25, -0.2) is 0 Å². The lowest BCUT2D eigenvalue weighted by molar-refractivity contribution is 0.401. The second-order valence-corrected chi connectivity index (χ2v) is 4.68. The Kier molecular flexibility index (Phi) is 6.67. The van der Waals surface area contributed by atoms with E-state index in [2.05, 4.69) is 5.32 Å². The van der Waals surface area contributed by atoms with Gasteiger partial charge in [0.1, 0.15) is 0 Å². The molecule has 0 amide bonds. The Bertz CT molecular complexity index is 172. The summed E-state index contributed by atoms with van der Waals surface area (Å²) in [5.74, 6) is 0. The molecule has 1 fully saturated rings. The topological polar surface area (TPSA) is 12.0 Å². The van der Waals surface area contributed by atoms with Gasteiger partial charge in [-0.05, 0) is 12.8 Å². The minimum absolute atomic E-state index is 0.640. The van der Waals surface area contributed by atoms with Gasteiger partial charge in [-0.2, -0.15) is 0 Å². The highest BCUT2D eigenvalue weighted by atomic mass is 35.5. The van der Waals surface area contributed by atoms with Crippen LogP contribution >= 0.6 is 23.2 Å². The van der Waals surface area contributed by atoms with Crippen LogP contribution in [-0.2, 0) is 0 Å². The molecule has 1 nitrogen and oxygen atoms in total. The van der Waals surface area contributed by atoms with Gasteiger partial charge in [0, 0.05) is 23.2 Å². The summed E-state index contributed by atoms with van der Waals surface area (Å²) in [5, 5.41) is 4.16. The fraction of sp³-hybridized carbons (Fsp3) is 0.818. The molecular formula is C11H19Cl2N. The fourth-order valence-corrected chi connectivity index (χ4v) is 2.09. The monoisotopic (exact) mass is 235 g/mol. The van der Waals surface area contributed by atoms with Crippen molar-refractivity contribution in [3.63, 3.8) is 0 Å². The number of hydrogen-bond acceptors (Lipinski definition) is 1. The largest absolute Gasteiger partial charge is 0.309 e. The first-order chi connectivity index (χ1) is 6.83. The molecule has 0 unspecified atom stereocenters. The Morgan fingerprint density at radius 3 is 2.29 bits per heavy atom. The first-order valence-corrected chi connectivity index (χ1v) is 6.32. The van der Waals surface area contributed by atoms with E-state index in [-0.39, 0.29) is 0 Å². The Morgan fingerprint density at radius 1 is 1.14 bits per heavy atom. The lowest BCUT2D eigenvalue weighted by Gasteiger charge is -2.20. The Hall–Kier alpha value is 0.280. The molecule has 0 bridgehead atoms. The minimum atomic E-state index is 0.640. The van der Waals surface area contributed by atoms with Crippen molar-refractivity contribution >= 4 is 23.2 Å². The van der Waals surface area contributed by atoms with E-state index in [1.807, 2.05) is 0 Å². The molecule has 0 saturated heterocycles. The number of rotatable bonds is 3. The Labute approximate surface area is 96.8 Å². The smallest absolute Gasteiger partial charge is 0.0431 e. The van der Waals surface area contributed by atoms with Crippen LogP contribution < -0.4 is 5.32 Å². The standard InChI is InChI=1S/C11H19Cl2N/c12-8-10(13)9-14-11-6-4-2-1-3-5-7-11/h8,11,14H,1-7,9H2. The third-order valence-corrected chi connectivity index (χ3v) is 3.40. The van der Waals surface area contributed by atoms with Crippen molar-refractivity contribution in [3.8, 4) is 0 Å². The molecule has 0 radical (unpaired) electrons. The van der Waals surface area contributed by atoms with Gasteiger partial charge in [-0.15, -0.1) is 0 Å². The molecule has 82 valence electrons. The van der Waals surface area contributed by atoms with Gasteiger partial charge >= 0.3 is 0 Å². The number of halogens is 2. The van der Waals surface area contributed by atoms with Crippen LogP contribution in [0.15, 0.2) is 10.6 Å². The van der Waals surface area contributed by atoms with Gasteiger partial charge in [0.2, 0.25) is 0 Å². The molecule has 1 aliphatic rings. The molecule has 0 spiro atoms. The number of hydrogen-bond donors (Lipinski definition) is 1. The molecule has 14 heavy (non-hydrogen) atoms. The van der Waals surface area contributed by atoms with E-state index in [1.54, 1.807) is 0 Å². The van der Waals surface area contributed by atoms with Gasteiger partial charge in [0.25, 0.3) is 0 Å². The van der Waals surface area contributed by atoms with Gasteiger partial charge in [0.05, 0.1) is 0 Å². The summed E-state index contributed by atoms with van der Waals surface area (Å²) in [4.78, 5) is 0. The Balaban J connectivity index is 2.20. The van der Waals surface area contributed by atoms with Crippen molar-refractivity contribution in [2.75, 3.05) is 6.54 Å². The highest BCUT2D eigenvalue weighted by Gasteiger charge is 2.10. The van der Waals surface area contributed by atoms with E-state index >= 15 is 0 Å². The molecule has 1 aliphatic carbocycles. The van der Waals surface area contributed by atoms with Crippen LogP contribution in [0.2, 0.25) is 0 Å². The van der Waals surface area contributed by atoms with Crippen LogP contribution in [0.1, 0.15) is 44.9 Å². The van der Waals surface area contributed by atoms with Crippen LogP contribution in [0.4, 0.5) is 0 Å². The summed E-state index contributed by atoms with van der Waals surface area (Å²) in [5.41, 5.74) is 1.44. The molecule has 1 saturated carbocycles. The molecule has 0 heterocycles. The van der Waals surface area contributed by atoms with Crippen molar-refractivity contribution < 1.29 is 0 Å². The van der Waals surface area contributed by atoms with Crippen LogP contribution in [0.3, 0.4) is 0 Å². The van der Waals surface area contributed by atoms with E-state index in [9.17, 15) is 0 Å². The predicted octanol–water partition coefficient (Wildman–Crippen LogP) is 4.01. The first kappa shape index (κ1) is 12.4. The molecular weight excluding hydrogens is 217 g/mol. The summed E-state index contributed by atoms with van der Waals surface area (Å²) in [6, 6.07) is 0.640. The molecule has 0 atom stereocenters. The van der Waals surface area contributed by atoms with Gasteiger partial charge in [0.15, 0.2) is 0 Å². The molecule has 0 aromatic heterocycles. The van der Waals surface area contributed by atoms with E-state index in [1.165, 1.54) is 50.5 Å². The summed E-state index contributed by atoms with van der Waals surface area (Å²) >= 11 is 11.3. The van der Waals surface area contributed by atoms with Crippen LogP contribution in [0.5, 0.6) is 0 Å². The average molecular weight is 236 g/mol. The highest BCUT2D eigenvalue weighted by molar-refractivity contribution is 6.36. The van der Waals surface area contributed by atoms with Crippen LogP contribution in [0.25, 0.3) is 0 Å². The maximum absolute atomic E-state index is 5.82. The zero-order valence-corrected chi connectivity index (χ0v) is 10.1. The van der Waals surface area contributed by atoms with Crippen molar-refractivity contribution in [3.05, 3.63) is 10.6 Å². The van der Waals surface area contributed by atoms with Gasteiger partial charge in [-0.1, -0.05) is 55.3 Å². The van der Waals surface area contributed by atoms with E-state index in [0.717, 1.165) is 6.54 Å². The molecule has 3 heteroatoms. The minimum Gasteiger partial charge on any atom is -0.309 e. The molecule has 0 aromatic rings. The normalized spacial score (nSPS) is 21.7. The summed E-state index contributed by atoms with van der Waals surface area (Å²) in [7, 11) is 0. The van der Waals surface area contributed by atoms with E-state index < -0.39 is 0 Å². The van der Waals surface area contributed by atoms with Gasteiger partial charge < -0.3 is 5.32 Å². The van der Waals surface area contributed by atoms with E-state index in [0.29, 0.717) is 11.1 Å². The van der Waals surface area contributed by atoms with Crippen LogP contribution in [0, 0.1) is 0 Å². The fourth-order valence-electron chi connectivity index (χ4n) is 1.94. The summed E-state index contributed by atoms with van der Waals surface area (Å²) < 4.78 is 0. The Morgan fingerprint density at radius 2 is 1.71 bits per heavy atom. The molecule has 0 aliphatic heterocycles. The lowest BCUT2D eigenvalue weighted by Crippen LogP contribution is -2.30. The second-order valence-electron chi connectivity index (χ2n) is 3.98. The maximum Gasteiger partial charge on any atom is 0.0431 e. The third-order valence-electron chi connectivity index (χ3n) is 2.78. The highest BCUT2D eigenvalue weighted by Crippen LogP contribution is 2.17. The third kappa shape index (κ3) is 5.23. The zero-order valence-electron chi connectivity index (χ0n) is 8.57. The zero-order chi connectivity index (χ0) is 10.2. The van der Waals surface area contributed by atoms with E-state index in [4.69, 9.17) is 23.2 Å². The van der Waals surface area contributed by atoms with Crippen molar-refractivity contribution in [1.82, 2.24) is 5.32 Å². The molecule has 1 N–H and O–H groups in total. The van der Waals surface area contributed by atoms with Crippen molar-refractivity contribution in [2.24, 2.45) is 0 Å². The average Bonchev–Trinajstić information content (AvgIpc) is 2.15. The van der Waals surface area contributed by atoms with Crippen molar-refractivity contribution in [2.45, 2.75) is 51.0 Å². The quantitative estimate of drug-likeness (QED) is 0.780. The molecule has 0 aromatic carbocycles. The SMILES string of the molecule is ClC=C(Cl)CNC1CCCCCCC1. The van der Waals surface area contributed by atoms with Crippen LogP contribution in [-0.4, -0.2) is 12.6 Å². The lowest BCUT2D eigenvalue weighted by atomic mass is 9.97. The summed E-state index contributed by atoms with van der Waals surface area (Å²) in [6.07, 6.45) is 9.45. The predicted molar refractivity (Wildman–Crippen MR) is 63.9 cm³/mol. The van der Waals surface area contributed by atoms with Crippen molar-refractivity contribution in [1.29, 1.82) is 0 Å². The summed E-state index contributed by atoms with van der Waals surface area (Å²) in [6.45, 7) is 0.718. The second kappa shape index (κ2) is 7.56. The van der Waals surface area contributed by atoms with Gasteiger partial charge in [-0.3, -0.25) is 0 Å². The molecule has 1 rings (SSSR count). The first-order valence-electron chi connectivity index (χ1n) is 5.51. The number of nitrogens with one attached hydrogen (secondary N) is 1. The maximum atomic E-state index is 5.82.